The van der Waals surface area contributed by atoms with Crippen LogP contribution in [-0.4, -0.2) is 29.7 Å². The van der Waals surface area contributed by atoms with E-state index in [1.165, 1.54) is 0 Å². The highest BCUT2D eigenvalue weighted by molar-refractivity contribution is 5.84. The van der Waals surface area contributed by atoms with Crippen LogP contribution in [0.15, 0.2) is 84.9 Å². The average Bonchev–Trinajstić information content (AvgIpc) is 2.84. The second-order valence-electron chi connectivity index (χ2n) is 6.90. The molecule has 0 aromatic heterocycles. The molecule has 1 aliphatic rings. The third-order valence-corrected chi connectivity index (χ3v) is 5.11. The van der Waals surface area contributed by atoms with Crippen LogP contribution in [0.5, 0.6) is 17.2 Å². The van der Waals surface area contributed by atoms with Gasteiger partial charge < -0.3 is 18.9 Å². The number of hydrogen-bond donors (Lipinski definition) is 0. The zero-order chi connectivity index (χ0) is 20.9. The topological polar surface area (TPSA) is 36.9 Å². The Hall–Kier alpha value is -3.60. The van der Waals surface area contributed by atoms with E-state index in [0.717, 1.165) is 45.3 Å². The van der Waals surface area contributed by atoms with E-state index >= 15 is 0 Å². The standard InChI is InChI=1S/C26H24O4.B/c1-27-22-10-4-18(5-11-22)21-16-25(19-6-12-23(28-2)13-7-19)30-26(17-21)20-8-14-24(29-3)15-9-20;/h4-17,25H,1-3H3;. The normalized spacial score (nSPS) is 15.0. The lowest BCUT2D eigenvalue weighted by molar-refractivity contribution is 0.213. The van der Waals surface area contributed by atoms with Gasteiger partial charge >= 0.3 is 0 Å². The second-order valence-corrected chi connectivity index (χ2v) is 6.90. The Morgan fingerprint density at radius 3 is 1.55 bits per heavy atom. The first-order chi connectivity index (χ1) is 14.7. The molecule has 0 N–H and O–H groups in total. The molecule has 0 bridgehead atoms. The van der Waals surface area contributed by atoms with Gasteiger partial charge in [-0.05, 0) is 77.4 Å². The van der Waals surface area contributed by atoms with Gasteiger partial charge in [0.25, 0.3) is 0 Å². The number of hydrogen-bond acceptors (Lipinski definition) is 4. The summed E-state index contributed by atoms with van der Waals surface area (Å²) < 4.78 is 22.3. The molecule has 0 spiro atoms. The van der Waals surface area contributed by atoms with Crippen LogP contribution in [-0.2, 0) is 4.74 Å². The largest absolute Gasteiger partial charge is 0.497 e. The van der Waals surface area contributed by atoms with Crippen molar-refractivity contribution < 1.29 is 18.9 Å². The van der Waals surface area contributed by atoms with Gasteiger partial charge in [0, 0.05) is 14.0 Å². The lowest BCUT2D eigenvalue weighted by atomic mass is 9.96. The van der Waals surface area contributed by atoms with Crippen LogP contribution >= 0.6 is 0 Å². The number of methoxy groups -OCH3 is 3. The molecule has 4 nitrogen and oxygen atoms in total. The molecule has 0 fully saturated rings. The third kappa shape index (κ3) is 4.94. The minimum atomic E-state index is -0.213. The number of benzene rings is 3. The fourth-order valence-corrected chi connectivity index (χ4v) is 3.38. The van der Waals surface area contributed by atoms with Crippen molar-refractivity contribution in [3.05, 3.63) is 102 Å². The molecule has 4 rings (SSSR count). The zero-order valence-electron chi connectivity index (χ0n) is 17.9. The SMILES string of the molecule is COc1ccc(C2=CC(c3ccc(OC)cc3)OC(c3ccc(OC)cc3)=C2)cc1.[B]. The molecule has 5 heteroatoms. The maximum absolute atomic E-state index is 6.38. The number of rotatable bonds is 6. The van der Waals surface area contributed by atoms with E-state index in [9.17, 15) is 0 Å². The van der Waals surface area contributed by atoms with Gasteiger partial charge in [-0.3, -0.25) is 0 Å². The van der Waals surface area contributed by atoms with Crippen molar-refractivity contribution in [2.75, 3.05) is 21.3 Å². The molecule has 0 saturated heterocycles. The molecule has 0 amide bonds. The molecule has 155 valence electrons. The van der Waals surface area contributed by atoms with Crippen LogP contribution in [0.25, 0.3) is 11.3 Å². The van der Waals surface area contributed by atoms with Gasteiger partial charge in [0.2, 0.25) is 0 Å². The van der Waals surface area contributed by atoms with Crippen LogP contribution < -0.4 is 14.2 Å². The summed E-state index contributed by atoms with van der Waals surface area (Å²) in [6.45, 7) is 0. The first-order valence-corrected chi connectivity index (χ1v) is 9.73. The molecular weight excluding hydrogens is 387 g/mol. The van der Waals surface area contributed by atoms with Crippen molar-refractivity contribution in [1.29, 1.82) is 0 Å². The van der Waals surface area contributed by atoms with Gasteiger partial charge in [-0.2, -0.15) is 0 Å². The fraction of sp³-hybridized carbons (Fsp3) is 0.154. The molecule has 1 atom stereocenters. The Morgan fingerprint density at radius 2 is 1.06 bits per heavy atom. The van der Waals surface area contributed by atoms with Crippen molar-refractivity contribution in [3.63, 3.8) is 0 Å². The zero-order valence-corrected chi connectivity index (χ0v) is 17.9. The summed E-state index contributed by atoms with van der Waals surface area (Å²) in [6.07, 6.45) is 4.00. The predicted octanol–water partition coefficient (Wildman–Crippen LogP) is 5.53. The molecule has 1 aliphatic heterocycles. The molecule has 1 heterocycles. The Balaban J connectivity index is 0.00000272. The van der Waals surface area contributed by atoms with Gasteiger partial charge in [0.1, 0.15) is 29.1 Å². The van der Waals surface area contributed by atoms with E-state index < -0.39 is 0 Å². The lowest BCUT2D eigenvalue weighted by Gasteiger charge is -2.25. The first kappa shape index (κ1) is 22.1. The van der Waals surface area contributed by atoms with Crippen LogP contribution in [0.3, 0.4) is 0 Å². The Kier molecular flexibility index (Phi) is 7.09. The first-order valence-electron chi connectivity index (χ1n) is 9.73. The highest BCUT2D eigenvalue weighted by atomic mass is 16.5. The van der Waals surface area contributed by atoms with Crippen LogP contribution in [0.2, 0.25) is 0 Å². The summed E-state index contributed by atoms with van der Waals surface area (Å²) in [4.78, 5) is 0. The number of allylic oxidation sites excluding steroid dienone is 2. The summed E-state index contributed by atoms with van der Waals surface area (Å²) >= 11 is 0. The maximum atomic E-state index is 6.38. The maximum Gasteiger partial charge on any atom is 0.143 e. The molecule has 0 aliphatic carbocycles. The summed E-state index contributed by atoms with van der Waals surface area (Å²) in [7, 11) is 5.00. The van der Waals surface area contributed by atoms with Gasteiger partial charge in [-0.15, -0.1) is 0 Å². The molecule has 0 saturated carbocycles. The molecule has 3 aromatic carbocycles. The minimum Gasteiger partial charge on any atom is -0.497 e. The van der Waals surface area contributed by atoms with E-state index in [-0.39, 0.29) is 14.5 Å². The fourth-order valence-electron chi connectivity index (χ4n) is 3.38. The predicted molar refractivity (Wildman–Crippen MR) is 125 cm³/mol. The Labute approximate surface area is 185 Å². The van der Waals surface area contributed by atoms with Crippen LogP contribution in [0.4, 0.5) is 0 Å². The minimum absolute atomic E-state index is 0. The summed E-state index contributed by atoms with van der Waals surface area (Å²) in [5.41, 5.74) is 4.24. The third-order valence-electron chi connectivity index (χ3n) is 5.11. The highest BCUT2D eigenvalue weighted by Gasteiger charge is 2.20. The molecular formula is C26H24BO4. The Morgan fingerprint density at radius 1 is 0.613 bits per heavy atom. The smallest absolute Gasteiger partial charge is 0.143 e. The van der Waals surface area contributed by atoms with Crippen LogP contribution in [0, 0.1) is 0 Å². The quantitative estimate of drug-likeness (QED) is 0.500. The van der Waals surface area contributed by atoms with E-state index in [4.69, 9.17) is 18.9 Å². The van der Waals surface area contributed by atoms with Gasteiger partial charge in [-0.1, -0.05) is 24.3 Å². The van der Waals surface area contributed by atoms with Crippen molar-refractivity contribution in [2.45, 2.75) is 6.10 Å². The Bertz CT molecular complexity index is 1050. The number of ether oxygens (including phenoxy) is 4. The van der Waals surface area contributed by atoms with E-state index in [0.29, 0.717) is 0 Å². The van der Waals surface area contributed by atoms with E-state index in [1.54, 1.807) is 21.3 Å². The summed E-state index contributed by atoms with van der Waals surface area (Å²) in [5, 5.41) is 0. The van der Waals surface area contributed by atoms with Crippen molar-refractivity contribution in [1.82, 2.24) is 0 Å². The van der Waals surface area contributed by atoms with Crippen molar-refractivity contribution in [2.24, 2.45) is 0 Å². The van der Waals surface area contributed by atoms with Gasteiger partial charge in [-0.25, -0.2) is 0 Å². The van der Waals surface area contributed by atoms with Crippen molar-refractivity contribution in [3.8, 4) is 17.2 Å². The van der Waals surface area contributed by atoms with E-state index in [2.05, 4.69) is 24.3 Å². The average molecular weight is 411 g/mol. The summed E-state index contributed by atoms with van der Waals surface area (Å²) in [6, 6.07) is 23.9. The van der Waals surface area contributed by atoms with Crippen molar-refractivity contribution >= 4 is 19.7 Å². The molecule has 1 unspecified atom stereocenters. The monoisotopic (exact) mass is 411 g/mol. The van der Waals surface area contributed by atoms with E-state index in [1.807, 2.05) is 60.7 Å². The highest BCUT2D eigenvalue weighted by Crippen LogP contribution is 2.37. The second kappa shape index (κ2) is 9.94. The lowest BCUT2D eigenvalue weighted by Crippen LogP contribution is -2.07. The molecule has 3 radical (unpaired) electrons. The molecule has 31 heavy (non-hydrogen) atoms. The van der Waals surface area contributed by atoms with Gasteiger partial charge in [0.15, 0.2) is 0 Å². The molecule has 3 aromatic rings. The van der Waals surface area contributed by atoms with Crippen LogP contribution in [0.1, 0.15) is 22.8 Å². The summed E-state index contributed by atoms with van der Waals surface area (Å²) in [5.74, 6) is 3.27. The van der Waals surface area contributed by atoms with Gasteiger partial charge in [0.05, 0.1) is 21.3 Å².